The Labute approximate surface area is 99.0 Å². The van der Waals surface area contributed by atoms with Crippen LogP contribution in [0.3, 0.4) is 0 Å². The molecule has 17 heavy (non-hydrogen) atoms. The van der Waals surface area contributed by atoms with Gasteiger partial charge in [-0.3, -0.25) is 4.79 Å². The second kappa shape index (κ2) is 5.72. The van der Waals surface area contributed by atoms with E-state index in [0.29, 0.717) is 0 Å². The molecule has 0 aliphatic heterocycles. The Kier molecular flexibility index (Phi) is 4.57. The Morgan fingerprint density at radius 1 is 1.29 bits per heavy atom. The van der Waals surface area contributed by atoms with E-state index in [1.807, 2.05) is 13.8 Å². The highest BCUT2D eigenvalue weighted by molar-refractivity contribution is 5.92. The lowest BCUT2D eigenvalue weighted by atomic mass is 9.95. The molecule has 3 nitrogen and oxygen atoms in total. The van der Waals surface area contributed by atoms with E-state index < -0.39 is 11.6 Å². The van der Waals surface area contributed by atoms with E-state index in [2.05, 4.69) is 5.32 Å². The normalized spacial score (nSPS) is 12.6. The lowest BCUT2D eigenvalue weighted by Gasteiger charge is -2.18. The molecule has 0 heterocycles. The van der Waals surface area contributed by atoms with Crippen molar-refractivity contribution >= 4 is 11.6 Å². The fraction of sp³-hybridized carbons (Fsp3) is 0.417. The van der Waals surface area contributed by atoms with Gasteiger partial charge in [0, 0.05) is 18.3 Å². The first-order valence-corrected chi connectivity index (χ1v) is 5.41. The van der Waals surface area contributed by atoms with Crippen molar-refractivity contribution in [2.75, 3.05) is 11.9 Å². The molecule has 0 aliphatic rings. The summed E-state index contributed by atoms with van der Waals surface area (Å²) in [6, 6.07) is 2.88. The van der Waals surface area contributed by atoms with Crippen LogP contribution in [-0.2, 0) is 4.79 Å². The number of rotatable bonds is 4. The average Bonchev–Trinajstić information content (AvgIpc) is 2.15. The van der Waals surface area contributed by atoms with Crippen molar-refractivity contribution in [1.29, 1.82) is 0 Å². The van der Waals surface area contributed by atoms with Gasteiger partial charge in [0.1, 0.15) is 11.6 Å². The number of halogens is 2. The number of nitrogens with two attached hydrogens (primary N) is 1. The maximum absolute atomic E-state index is 12.9. The Hall–Kier alpha value is -1.49. The molecule has 3 N–H and O–H groups in total. The summed E-state index contributed by atoms with van der Waals surface area (Å²) in [5.41, 5.74) is 5.58. The maximum atomic E-state index is 12.9. The van der Waals surface area contributed by atoms with Crippen LogP contribution >= 0.6 is 0 Å². The molecular weight excluding hydrogens is 226 g/mol. The van der Waals surface area contributed by atoms with Crippen molar-refractivity contribution in [1.82, 2.24) is 0 Å². The first-order chi connectivity index (χ1) is 7.93. The SMILES string of the molecule is CC(C)C(CN)C(=O)Nc1cc(F)cc(F)c1. The summed E-state index contributed by atoms with van der Waals surface area (Å²) in [7, 11) is 0. The largest absolute Gasteiger partial charge is 0.330 e. The quantitative estimate of drug-likeness (QED) is 0.849. The van der Waals surface area contributed by atoms with Gasteiger partial charge in [-0.1, -0.05) is 13.8 Å². The van der Waals surface area contributed by atoms with Gasteiger partial charge in [-0.25, -0.2) is 8.78 Å². The lowest BCUT2D eigenvalue weighted by Crippen LogP contribution is -2.33. The highest BCUT2D eigenvalue weighted by Gasteiger charge is 2.20. The Morgan fingerprint density at radius 2 is 1.82 bits per heavy atom. The second-order valence-electron chi connectivity index (χ2n) is 4.23. The van der Waals surface area contributed by atoms with Crippen molar-refractivity contribution < 1.29 is 13.6 Å². The molecule has 0 aliphatic carbocycles. The van der Waals surface area contributed by atoms with Gasteiger partial charge in [0.25, 0.3) is 0 Å². The number of hydrogen-bond acceptors (Lipinski definition) is 2. The van der Waals surface area contributed by atoms with Gasteiger partial charge in [0.05, 0.1) is 5.92 Å². The number of carbonyl (C=O) groups excluding carboxylic acids is 1. The smallest absolute Gasteiger partial charge is 0.229 e. The minimum absolute atomic E-state index is 0.0680. The summed E-state index contributed by atoms with van der Waals surface area (Å²) in [6.07, 6.45) is 0. The predicted octanol–water partition coefficient (Wildman–Crippen LogP) is 2.13. The third-order valence-corrected chi connectivity index (χ3v) is 2.53. The van der Waals surface area contributed by atoms with Crippen LogP contribution < -0.4 is 11.1 Å². The molecule has 0 aromatic heterocycles. The fourth-order valence-electron chi connectivity index (χ4n) is 1.54. The Balaban J connectivity index is 2.80. The van der Waals surface area contributed by atoms with Crippen molar-refractivity contribution in [3.8, 4) is 0 Å². The fourth-order valence-corrected chi connectivity index (χ4v) is 1.54. The van der Waals surface area contributed by atoms with Gasteiger partial charge in [0.15, 0.2) is 0 Å². The zero-order valence-corrected chi connectivity index (χ0v) is 9.84. The van der Waals surface area contributed by atoms with Gasteiger partial charge >= 0.3 is 0 Å². The summed E-state index contributed by atoms with van der Waals surface area (Å²) in [6.45, 7) is 3.92. The number of anilines is 1. The molecule has 0 fully saturated rings. The average molecular weight is 242 g/mol. The van der Waals surface area contributed by atoms with Gasteiger partial charge in [-0.05, 0) is 18.1 Å². The molecule has 1 atom stereocenters. The van der Waals surface area contributed by atoms with E-state index in [1.54, 1.807) is 0 Å². The molecule has 0 saturated heterocycles. The number of benzene rings is 1. The van der Waals surface area contributed by atoms with Gasteiger partial charge in [-0.15, -0.1) is 0 Å². The number of hydrogen-bond donors (Lipinski definition) is 2. The van der Waals surface area contributed by atoms with Crippen molar-refractivity contribution in [2.24, 2.45) is 17.6 Å². The van der Waals surface area contributed by atoms with Crippen LogP contribution in [0.2, 0.25) is 0 Å². The van der Waals surface area contributed by atoms with Crippen molar-refractivity contribution in [3.05, 3.63) is 29.8 Å². The second-order valence-corrected chi connectivity index (χ2v) is 4.23. The van der Waals surface area contributed by atoms with E-state index in [0.717, 1.165) is 18.2 Å². The molecule has 94 valence electrons. The number of nitrogens with one attached hydrogen (secondary N) is 1. The van der Waals surface area contributed by atoms with Gasteiger partial charge in [-0.2, -0.15) is 0 Å². The first-order valence-electron chi connectivity index (χ1n) is 5.41. The van der Waals surface area contributed by atoms with Crippen LogP contribution in [-0.4, -0.2) is 12.5 Å². The summed E-state index contributed by atoms with van der Waals surface area (Å²) in [5.74, 6) is -2.09. The highest BCUT2D eigenvalue weighted by Crippen LogP contribution is 2.16. The minimum atomic E-state index is -0.728. The molecule has 1 aromatic rings. The summed E-state index contributed by atoms with van der Waals surface area (Å²) in [5, 5.41) is 2.46. The van der Waals surface area contributed by atoms with E-state index in [4.69, 9.17) is 5.73 Å². The van der Waals surface area contributed by atoms with Crippen LogP contribution in [0.15, 0.2) is 18.2 Å². The number of amides is 1. The molecule has 0 spiro atoms. The van der Waals surface area contributed by atoms with Crippen molar-refractivity contribution in [3.63, 3.8) is 0 Å². The zero-order chi connectivity index (χ0) is 13.0. The third-order valence-electron chi connectivity index (χ3n) is 2.53. The van der Waals surface area contributed by atoms with E-state index in [-0.39, 0.29) is 30.0 Å². The summed E-state index contributed by atoms with van der Waals surface area (Å²) in [4.78, 5) is 11.8. The molecule has 0 bridgehead atoms. The molecule has 1 rings (SSSR count). The van der Waals surface area contributed by atoms with Crippen molar-refractivity contribution in [2.45, 2.75) is 13.8 Å². The topological polar surface area (TPSA) is 55.1 Å². The first kappa shape index (κ1) is 13.6. The molecule has 0 saturated carbocycles. The molecule has 0 radical (unpaired) electrons. The zero-order valence-electron chi connectivity index (χ0n) is 9.84. The van der Waals surface area contributed by atoms with Crippen LogP contribution in [0.1, 0.15) is 13.8 Å². The van der Waals surface area contributed by atoms with Gasteiger partial charge < -0.3 is 11.1 Å². The molecule has 1 unspecified atom stereocenters. The Morgan fingerprint density at radius 3 is 2.24 bits per heavy atom. The molecule has 1 aromatic carbocycles. The maximum Gasteiger partial charge on any atom is 0.229 e. The molecule has 1 amide bonds. The highest BCUT2D eigenvalue weighted by atomic mass is 19.1. The van der Waals surface area contributed by atoms with E-state index in [9.17, 15) is 13.6 Å². The monoisotopic (exact) mass is 242 g/mol. The summed E-state index contributed by atoms with van der Waals surface area (Å²) < 4.78 is 25.8. The molecule has 5 heteroatoms. The van der Waals surface area contributed by atoms with Gasteiger partial charge in [0.2, 0.25) is 5.91 Å². The molecular formula is C12H16F2N2O. The standard InChI is InChI=1S/C12H16F2N2O/c1-7(2)11(6-15)12(17)16-10-4-8(13)3-9(14)5-10/h3-5,7,11H,6,15H2,1-2H3,(H,16,17). The number of carbonyl (C=O) groups is 1. The minimum Gasteiger partial charge on any atom is -0.330 e. The lowest BCUT2D eigenvalue weighted by molar-refractivity contribution is -0.120. The summed E-state index contributed by atoms with van der Waals surface area (Å²) >= 11 is 0. The van der Waals surface area contributed by atoms with E-state index >= 15 is 0 Å². The predicted molar refractivity (Wildman–Crippen MR) is 62.4 cm³/mol. The van der Waals surface area contributed by atoms with Crippen LogP contribution in [0.25, 0.3) is 0 Å². The Bertz CT molecular complexity index is 387. The van der Waals surface area contributed by atoms with Crippen LogP contribution in [0.4, 0.5) is 14.5 Å². The van der Waals surface area contributed by atoms with E-state index in [1.165, 1.54) is 0 Å². The van der Waals surface area contributed by atoms with Crippen LogP contribution in [0.5, 0.6) is 0 Å². The van der Waals surface area contributed by atoms with Crippen LogP contribution in [0, 0.1) is 23.5 Å². The third kappa shape index (κ3) is 3.78.